The zero-order chi connectivity index (χ0) is 30.1. The van der Waals surface area contributed by atoms with Crippen molar-refractivity contribution in [3.05, 3.63) is 66.5 Å². The van der Waals surface area contributed by atoms with Gasteiger partial charge in [0.1, 0.15) is 22.5 Å². The number of nitrogens with zero attached hydrogens (tertiary/aromatic N) is 4. The third kappa shape index (κ3) is 5.62. The van der Waals surface area contributed by atoms with E-state index in [1.807, 2.05) is 18.2 Å². The number of carbonyl (C=O) groups is 3. The maximum atomic E-state index is 13.1. The van der Waals surface area contributed by atoms with Gasteiger partial charge in [-0.15, -0.1) is 0 Å². The lowest BCUT2D eigenvalue weighted by molar-refractivity contribution is -0.131. The van der Waals surface area contributed by atoms with Gasteiger partial charge in [-0.2, -0.15) is 4.98 Å². The number of rotatable bonds is 9. The van der Waals surface area contributed by atoms with Crippen LogP contribution in [0.25, 0.3) is 11.0 Å². The van der Waals surface area contributed by atoms with E-state index < -0.39 is 5.41 Å². The molecule has 11 heteroatoms. The fourth-order valence-corrected chi connectivity index (χ4v) is 5.64. The fourth-order valence-electron chi connectivity index (χ4n) is 5.64. The van der Waals surface area contributed by atoms with E-state index in [0.717, 1.165) is 42.4 Å². The van der Waals surface area contributed by atoms with E-state index in [-0.39, 0.29) is 23.8 Å². The standard InChI is InChI=1S/C32H35N7O4/c1-38(2)28(40)26-17-20-19-33-31(37-27(20)39(26)24-8-4-5-9-24)36-22-13-11-21(12-14-22)34-29(41)32(15-16-32)30(42)35-23-7-6-10-25(18-23)43-3/h6-7,10-14,17-19,24H,4-5,8-9,15-16H2,1-3H3,(H,34,41)(H,35,42)(H,33,36,37). The Labute approximate surface area is 249 Å². The van der Waals surface area contributed by atoms with Gasteiger partial charge in [0.05, 0.1) is 7.11 Å². The minimum absolute atomic E-state index is 0.0530. The highest BCUT2D eigenvalue weighted by Gasteiger charge is 2.56. The maximum absolute atomic E-state index is 13.1. The van der Waals surface area contributed by atoms with Gasteiger partial charge in [-0.05, 0) is 68.1 Å². The molecule has 6 rings (SSSR count). The molecule has 2 aromatic carbocycles. The summed E-state index contributed by atoms with van der Waals surface area (Å²) < 4.78 is 7.29. The number of hydrogen-bond donors (Lipinski definition) is 3. The van der Waals surface area contributed by atoms with Crippen molar-refractivity contribution in [1.29, 1.82) is 0 Å². The van der Waals surface area contributed by atoms with Crippen LogP contribution in [0.5, 0.6) is 5.75 Å². The smallest absolute Gasteiger partial charge is 0.270 e. The fraction of sp³-hybridized carbons (Fsp3) is 0.344. The van der Waals surface area contributed by atoms with Gasteiger partial charge in [0.15, 0.2) is 0 Å². The molecule has 0 bridgehead atoms. The van der Waals surface area contributed by atoms with Crippen molar-refractivity contribution in [3.63, 3.8) is 0 Å². The number of methoxy groups -OCH3 is 1. The molecule has 0 spiro atoms. The molecule has 2 aliphatic rings. The number of benzene rings is 2. The molecular weight excluding hydrogens is 546 g/mol. The van der Waals surface area contributed by atoms with Crippen LogP contribution in [0, 0.1) is 5.41 Å². The largest absolute Gasteiger partial charge is 0.497 e. The summed E-state index contributed by atoms with van der Waals surface area (Å²) in [5, 5.41) is 9.79. The second kappa shape index (κ2) is 11.4. The van der Waals surface area contributed by atoms with E-state index in [1.165, 1.54) is 0 Å². The highest BCUT2D eigenvalue weighted by atomic mass is 16.5. The van der Waals surface area contributed by atoms with E-state index in [1.54, 1.807) is 68.7 Å². The summed E-state index contributed by atoms with van der Waals surface area (Å²) in [6.45, 7) is 0. The van der Waals surface area contributed by atoms with Gasteiger partial charge in [0.2, 0.25) is 17.8 Å². The predicted octanol–water partition coefficient (Wildman–Crippen LogP) is 5.36. The summed E-state index contributed by atoms with van der Waals surface area (Å²) in [6, 6.07) is 16.3. The average Bonchev–Trinajstić information content (AvgIpc) is 3.49. The number of anilines is 4. The molecule has 0 saturated heterocycles. The summed E-state index contributed by atoms with van der Waals surface area (Å²) >= 11 is 0. The molecule has 0 atom stereocenters. The van der Waals surface area contributed by atoms with Crippen LogP contribution in [0.15, 0.2) is 60.8 Å². The first-order valence-corrected chi connectivity index (χ1v) is 14.5. The second-order valence-corrected chi connectivity index (χ2v) is 11.4. The number of hydrogen-bond acceptors (Lipinski definition) is 7. The average molecular weight is 582 g/mol. The normalized spacial score (nSPS) is 15.6. The van der Waals surface area contributed by atoms with Gasteiger partial charge in [-0.25, -0.2) is 4.98 Å². The van der Waals surface area contributed by atoms with E-state index >= 15 is 0 Å². The van der Waals surface area contributed by atoms with E-state index in [4.69, 9.17) is 9.72 Å². The van der Waals surface area contributed by atoms with Gasteiger partial charge in [-0.3, -0.25) is 14.4 Å². The molecule has 2 heterocycles. The van der Waals surface area contributed by atoms with Crippen LogP contribution in [0.1, 0.15) is 55.1 Å². The number of carbonyl (C=O) groups excluding carboxylic acids is 3. The van der Waals surface area contributed by atoms with Gasteiger partial charge in [-0.1, -0.05) is 18.9 Å². The van der Waals surface area contributed by atoms with Crippen LogP contribution in [0.3, 0.4) is 0 Å². The Morgan fingerprint density at radius 1 is 0.930 bits per heavy atom. The van der Waals surface area contributed by atoms with Gasteiger partial charge >= 0.3 is 0 Å². The highest BCUT2D eigenvalue weighted by molar-refractivity contribution is 6.17. The van der Waals surface area contributed by atoms with Crippen LogP contribution < -0.4 is 20.7 Å². The third-order valence-corrected chi connectivity index (χ3v) is 8.24. The third-order valence-electron chi connectivity index (χ3n) is 8.24. The molecule has 4 aromatic rings. The Bertz CT molecular complexity index is 1690. The highest BCUT2D eigenvalue weighted by Crippen LogP contribution is 2.47. The number of aromatic nitrogens is 3. The molecule has 2 aromatic heterocycles. The maximum Gasteiger partial charge on any atom is 0.270 e. The molecular formula is C32H35N7O4. The van der Waals surface area contributed by atoms with Gasteiger partial charge in [0, 0.05) is 54.8 Å². The molecule has 43 heavy (non-hydrogen) atoms. The quantitative estimate of drug-likeness (QED) is 0.227. The summed E-state index contributed by atoms with van der Waals surface area (Å²) in [5.74, 6) is 0.317. The van der Waals surface area contributed by atoms with Crippen LogP contribution in [-0.4, -0.2) is 58.4 Å². The Morgan fingerprint density at radius 2 is 1.60 bits per heavy atom. The topological polar surface area (TPSA) is 130 Å². The first-order valence-electron chi connectivity index (χ1n) is 14.5. The van der Waals surface area contributed by atoms with E-state index in [2.05, 4.69) is 25.5 Å². The van der Waals surface area contributed by atoms with E-state index in [9.17, 15) is 14.4 Å². The van der Waals surface area contributed by atoms with Crippen molar-refractivity contribution in [2.24, 2.45) is 5.41 Å². The van der Waals surface area contributed by atoms with Crippen molar-refractivity contribution >= 4 is 51.8 Å². The van der Waals surface area contributed by atoms with Gasteiger partial charge in [0.25, 0.3) is 5.91 Å². The molecule has 3 N–H and O–H groups in total. The predicted molar refractivity (Wildman–Crippen MR) is 165 cm³/mol. The number of amides is 3. The number of nitrogens with one attached hydrogen (secondary N) is 3. The molecule has 2 fully saturated rings. The molecule has 0 unspecified atom stereocenters. The monoisotopic (exact) mass is 581 g/mol. The SMILES string of the molecule is COc1cccc(NC(=O)C2(C(=O)Nc3ccc(Nc4ncc5cc(C(=O)N(C)C)n(C6CCCC6)c5n4)cc3)CC2)c1. The lowest BCUT2D eigenvalue weighted by Crippen LogP contribution is -2.35. The van der Waals surface area contributed by atoms with Gasteiger partial charge < -0.3 is 30.2 Å². The number of ether oxygens (including phenoxy) is 1. The summed E-state index contributed by atoms with van der Waals surface area (Å²) in [6.07, 6.45) is 7.00. The van der Waals surface area contributed by atoms with Crippen LogP contribution in [-0.2, 0) is 9.59 Å². The first kappa shape index (κ1) is 28.2. The van der Waals surface area contributed by atoms with Crippen LogP contribution >= 0.6 is 0 Å². The molecule has 0 aliphatic heterocycles. The summed E-state index contributed by atoms with van der Waals surface area (Å²) in [7, 11) is 5.07. The minimum atomic E-state index is -1.09. The molecule has 11 nitrogen and oxygen atoms in total. The molecule has 2 saturated carbocycles. The lowest BCUT2D eigenvalue weighted by atomic mass is 10.0. The molecule has 3 amide bonds. The van der Waals surface area contributed by atoms with Crippen molar-refractivity contribution in [2.75, 3.05) is 37.2 Å². The molecule has 2 aliphatic carbocycles. The van der Waals surface area contributed by atoms with Crippen LogP contribution in [0.4, 0.5) is 23.0 Å². The first-order chi connectivity index (χ1) is 20.8. The Balaban J connectivity index is 1.15. The Hall–Kier alpha value is -4.93. The molecule has 0 radical (unpaired) electrons. The Kier molecular flexibility index (Phi) is 7.47. The van der Waals surface area contributed by atoms with Crippen molar-refractivity contribution in [2.45, 2.75) is 44.6 Å². The summed E-state index contributed by atoms with van der Waals surface area (Å²) in [5.41, 5.74) is 2.16. The van der Waals surface area contributed by atoms with Crippen molar-refractivity contribution < 1.29 is 19.1 Å². The lowest BCUT2D eigenvalue weighted by Gasteiger charge is -2.19. The molecule has 222 valence electrons. The zero-order valence-corrected chi connectivity index (χ0v) is 24.5. The van der Waals surface area contributed by atoms with E-state index in [0.29, 0.717) is 41.6 Å². The Morgan fingerprint density at radius 3 is 2.26 bits per heavy atom. The minimum Gasteiger partial charge on any atom is -0.497 e. The van der Waals surface area contributed by atoms with Crippen LogP contribution in [0.2, 0.25) is 0 Å². The second-order valence-electron chi connectivity index (χ2n) is 11.4. The summed E-state index contributed by atoms with van der Waals surface area (Å²) in [4.78, 5) is 50.0. The van der Waals surface area contributed by atoms with Crippen molar-refractivity contribution in [1.82, 2.24) is 19.4 Å². The number of fused-ring (bicyclic) bond motifs is 1. The zero-order valence-electron chi connectivity index (χ0n) is 24.5. The van der Waals surface area contributed by atoms with Crippen molar-refractivity contribution in [3.8, 4) is 5.75 Å².